The second-order valence-electron chi connectivity index (χ2n) is 4.96. The lowest BCUT2D eigenvalue weighted by Crippen LogP contribution is -2.13. The summed E-state index contributed by atoms with van der Waals surface area (Å²) in [5, 5.41) is 19.2. The molecule has 0 atom stereocenters. The zero-order valence-corrected chi connectivity index (χ0v) is 13.3. The van der Waals surface area contributed by atoms with E-state index >= 15 is 0 Å². The van der Waals surface area contributed by atoms with E-state index < -0.39 is 14.9 Å². The molecular weight excluding hydrogens is 318 g/mol. The van der Waals surface area contributed by atoms with Gasteiger partial charge in [-0.3, -0.25) is 10.1 Å². The van der Waals surface area contributed by atoms with E-state index in [9.17, 15) is 18.5 Å². The Morgan fingerprint density at radius 3 is 2.39 bits per heavy atom. The Kier molecular flexibility index (Phi) is 4.97. The summed E-state index contributed by atoms with van der Waals surface area (Å²) < 4.78 is 22.6. The number of nitrogens with zero attached hydrogens (tertiary/aromatic N) is 1. The number of hydrogen-bond acceptors (Lipinski definition) is 5. The van der Waals surface area contributed by atoms with Gasteiger partial charge in [-0.1, -0.05) is 31.2 Å². The molecule has 23 heavy (non-hydrogen) atoms. The summed E-state index contributed by atoms with van der Waals surface area (Å²) in [6.45, 7) is 2.43. The van der Waals surface area contributed by atoms with Gasteiger partial charge in [0.25, 0.3) is 5.69 Å². The van der Waals surface area contributed by atoms with E-state index in [4.69, 9.17) is 5.14 Å². The summed E-state index contributed by atoms with van der Waals surface area (Å²) in [7, 11) is -3.99. The molecule has 0 fully saturated rings. The number of primary sulfonamides is 1. The molecule has 0 unspecified atom stereocenters. The summed E-state index contributed by atoms with van der Waals surface area (Å²) in [6.07, 6.45) is 0.851. The molecular formula is C15H17N3O4S. The Labute approximate surface area is 134 Å². The number of nitrogens with two attached hydrogens (primary N) is 1. The molecule has 0 amide bonds. The van der Waals surface area contributed by atoms with Gasteiger partial charge in [-0.25, -0.2) is 13.6 Å². The van der Waals surface area contributed by atoms with Crippen molar-refractivity contribution in [2.45, 2.75) is 24.8 Å². The SMILES string of the molecule is CCc1ccccc1CNc1ccc(S(N)(=O)=O)cc1[N+](=O)[O-]. The maximum Gasteiger partial charge on any atom is 0.293 e. The van der Waals surface area contributed by atoms with Crippen LogP contribution in [0.25, 0.3) is 0 Å². The average Bonchev–Trinajstić information content (AvgIpc) is 2.52. The van der Waals surface area contributed by atoms with Crippen LogP contribution in [0.1, 0.15) is 18.1 Å². The lowest BCUT2D eigenvalue weighted by molar-refractivity contribution is -0.384. The molecule has 122 valence electrons. The quantitative estimate of drug-likeness (QED) is 0.621. The van der Waals surface area contributed by atoms with Crippen LogP contribution in [0.3, 0.4) is 0 Å². The summed E-state index contributed by atoms with van der Waals surface area (Å²) in [5.74, 6) is 0. The third-order valence-electron chi connectivity index (χ3n) is 3.46. The number of aryl methyl sites for hydroxylation is 1. The highest BCUT2D eigenvalue weighted by molar-refractivity contribution is 7.89. The lowest BCUT2D eigenvalue weighted by Gasteiger charge is -2.11. The van der Waals surface area contributed by atoms with Crippen LogP contribution < -0.4 is 10.5 Å². The third kappa shape index (κ3) is 4.05. The first-order valence-corrected chi connectivity index (χ1v) is 8.49. The maximum atomic E-state index is 11.3. The van der Waals surface area contributed by atoms with Gasteiger partial charge < -0.3 is 5.32 Å². The number of rotatable bonds is 6. The Morgan fingerprint density at radius 2 is 1.83 bits per heavy atom. The fraction of sp³-hybridized carbons (Fsp3) is 0.200. The van der Waals surface area contributed by atoms with E-state index in [0.29, 0.717) is 6.54 Å². The highest BCUT2D eigenvalue weighted by Gasteiger charge is 2.19. The van der Waals surface area contributed by atoms with Crippen LogP contribution >= 0.6 is 0 Å². The average molecular weight is 335 g/mol. The molecule has 0 spiro atoms. The van der Waals surface area contributed by atoms with Crippen molar-refractivity contribution >= 4 is 21.4 Å². The zero-order valence-electron chi connectivity index (χ0n) is 12.5. The van der Waals surface area contributed by atoms with Crippen molar-refractivity contribution in [3.8, 4) is 0 Å². The maximum absolute atomic E-state index is 11.3. The number of benzene rings is 2. The highest BCUT2D eigenvalue weighted by atomic mass is 32.2. The molecule has 0 aliphatic rings. The third-order valence-corrected chi connectivity index (χ3v) is 4.37. The van der Waals surface area contributed by atoms with Gasteiger partial charge in [-0.05, 0) is 29.7 Å². The van der Waals surface area contributed by atoms with Gasteiger partial charge in [0.15, 0.2) is 0 Å². The van der Waals surface area contributed by atoms with E-state index in [-0.39, 0.29) is 16.3 Å². The van der Waals surface area contributed by atoms with Gasteiger partial charge in [0.2, 0.25) is 10.0 Å². The monoisotopic (exact) mass is 335 g/mol. The molecule has 0 aliphatic carbocycles. The van der Waals surface area contributed by atoms with E-state index in [1.165, 1.54) is 12.1 Å². The second kappa shape index (κ2) is 6.76. The summed E-state index contributed by atoms with van der Waals surface area (Å²) >= 11 is 0. The Morgan fingerprint density at radius 1 is 1.17 bits per heavy atom. The van der Waals surface area contributed by atoms with Crippen molar-refractivity contribution < 1.29 is 13.3 Å². The molecule has 0 radical (unpaired) electrons. The zero-order chi connectivity index (χ0) is 17.0. The van der Waals surface area contributed by atoms with Crippen molar-refractivity contribution in [2.24, 2.45) is 5.14 Å². The first-order valence-electron chi connectivity index (χ1n) is 6.95. The van der Waals surface area contributed by atoms with Gasteiger partial charge in [0.1, 0.15) is 5.69 Å². The topological polar surface area (TPSA) is 115 Å². The van der Waals surface area contributed by atoms with Crippen LogP contribution in [0.4, 0.5) is 11.4 Å². The van der Waals surface area contributed by atoms with Crippen LogP contribution in [0, 0.1) is 10.1 Å². The van der Waals surface area contributed by atoms with Crippen LogP contribution in [-0.4, -0.2) is 13.3 Å². The number of hydrogen-bond donors (Lipinski definition) is 2. The van der Waals surface area contributed by atoms with Crippen molar-refractivity contribution in [3.63, 3.8) is 0 Å². The van der Waals surface area contributed by atoms with E-state index in [0.717, 1.165) is 23.6 Å². The van der Waals surface area contributed by atoms with Gasteiger partial charge in [0, 0.05) is 12.6 Å². The van der Waals surface area contributed by atoms with Crippen LogP contribution in [0.2, 0.25) is 0 Å². The molecule has 0 aromatic heterocycles. The number of nitrogens with one attached hydrogen (secondary N) is 1. The number of sulfonamides is 1. The summed E-state index contributed by atoms with van der Waals surface area (Å²) in [4.78, 5) is 10.2. The Bertz CT molecular complexity index is 834. The minimum Gasteiger partial charge on any atom is -0.375 e. The minimum absolute atomic E-state index is 0.244. The first-order chi connectivity index (χ1) is 10.8. The van der Waals surface area contributed by atoms with E-state index in [1.54, 1.807) is 0 Å². The van der Waals surface area contributed by atoms with Crippen LogP contribution in [0.15, 0.2) is 47.4 Å². The van der Waals surface area contributed by atoms with Crippen molar-refractivity contribution in [1.29, 1.82) is 0 Å². The standard InChI is InChI=1S/C15H17N3O4S/c1-2-11-5-3-4-6-12(11)10-17-14-8-7-13(23(16,21)22)9-15(14)18(19)20/h3-9,17H,2,10H2,1H3,(H2,16,21,22). The predicted octanol–water partition coefficient (Wildman–Crippen LogP) is 2.42. The largest absolute Gasteiger partial charge is 0.375 e. The molecule has 0 saturated heterocycles. The molecule has 0 bridgehead atoms. The van der Waals surface area contributed by atoms with Crippen LogP contribution in [-0.2, 0) is 23.0 Å². The Hall–Kier alpha value is -2.45. The van der Waals surface area contributed by atoms with Gasteiger partial charge in [-0.15, -0.1) is 0 Å². The predicted molar refractivity (Wildman–Crippen MR) is 87.6 cm³/mol. The molecule has 3 N–H and O–H groups in total. The van der Waals surface area contributed by atoms with E-state index in [2.05, 4.69) is 5.32 Å². The molecule has 2 rings (SSSR count). The van der Waals surface area contributed by atoms with E-state index in [1.807, 2.05) is 31.2 Å². The lowest BCUT2D eigenvalue weighted by atomic mass is 10.1. The normalized spacial score (nSPS) is 11.2. The Balaban J connectivity index is 2.31. The molecule has 0 aliphatic heterocycles. The number of nitro groups is 1. The van der Waals surface area contributed by atoms with Crippen LogP contribution in [0.5, 0.6) is 0 Å². The van der Waals surface area contributed by atoms with Crippen molar-refractivity contribution in [1.82, 2.24) is 0 Å². The van der Waals surface area contributed by atoms with Crippen molar-refractivity contribution in [3.05, 3.63) is 63.7 Å². The van der Waals surface area contributed by atoms with Crippen molar-refractivity contribution in [2.75, 3.05) is 5.32 Å². The molecule has 2 aromatic rings. The molecule has 0 saturated carbocycles. The first kappa shape index (κ1) is 16.9. The summed E-state index contributed by atoms with van der Waals surface area (Å²) in [6, 6.07) is 11.3. The fourth-order valence-corrected chi connectivity index (χ4v) is 2.79. The molecule has 7 nitrogen and oxygen atoms in total. The number of anilines is 1. The number of nitro benzene ring substituents is 1. The summed E-state index contributed by atoms with van der Waals surface area (Å²) in [5.41, 5.74) is 2.09. The molecule has 0 heterocycles. The van der Waals surface area contributed by atoms with Gasteiger partial charge in [-0.2, -0.15) is 0 Å². The minimum atomic E-state index is -3.99. The molecule has 2 aromatic carbocycles. The van der Waals surface area contributed by atoms with Gasteiger partial charge in [0.05, 0.1) is 9.82 Å². The molecule has 8 heteroatoms. The highest BCUT2D eigenvalue weighted by Crippen LogP contribution is 2.27. The smallest absolute Gasteiger partial charge is 0.293 e. The van der Waals surface area contributed by atoms with Gasteiger partial charge >= 0.3 is 0 Å². The fourth-order valence-electron chi connectivity index (χ4n) is 2.25. The second-order valence-corrected chi connectivity index (χ2v) is 6.52.